The Morgan fingerprint density at radius 3 is 2.29 bits per heavy atom. The lowest BCUT2D eigenvalue weighted by atomic mass is 9.85. The van der Waals surface area contributed by atoms with Crippen LogP contribution in [-0.2, 0) is 9.31 Å². The van der Waals surface area contributed by atoms with E-state index in [9.17, 15) is 0 Å². The molecule has 2 aromatic heterocycles. The average molecular weight is 283 g/mol. The maximum Gasteiger partial charge on any atom is 0.516 e. The summed E-state index contributed by atoms with van der Waals surface area (Å²) in [5.41, 5.74) is 1.58. The molecule has 0 N–H and O–H groups in total. The van der Waals surface area contributed by atoms with E-state index < -0.39 is 7.12 Å². The predicted molar refractivity (Wildman–Crippen MR) is 81.0 cm³/mol. The third kappa shape index (κ3) is 2.56. The summed E-state index contributed by atoms with van der Waals surface area (Å²) in [4.78, 5) is 13.0. The molecule has 3 heterocycles. The molecule has 6 heteroatoms. The molecule has 108 valence electrons. The lowest BCUT2D eigenvalue weighted by molar-refractivity contribution is 0.00578. The molecule has 0 aromatic carbocycles. The van der Waals surface area contributed by atoms with Crippen molar-refractivity contribution in [1.29, 1.82) is 0 Å². The Morgan fingerprint density at radius 1 is 0.952 bits per heavy atom. The van der Waals surface area contributed by atoms with Crippen LogP contribution in [0.3, 0.4) is 0 Å². The number of rotatable bonds is 2. The van der Waals surface area contributed by atoms with Crippen molar-refractivity contribution >= 4 is 12.7 Å². The van der Waals surface area contributed by atoms with Crippen molar-refractivity contribution < 1.29 is 9.31 Å². The van der Waals surface area contributed by atoms with Crippen LogP contribution >= 0.6 is 0 Å². The van der Waals surface area contributed by atoms with Gasteiger partial charge in [-0.15, -0.1) is 0 Å². The van der Waals surface area contributed by atoms with E-state index in [1.165, 1.54) is 0 Å². The fourth-order valence-electron chi connectivity index (χ4n) is 2.11. The maximum absolute atomic E-state index is 6.00. The monoisotopic (exact) mass is 283 g/mol. The lowest BCUT2D eigenvalue weighted by Crippen LogP contribution is -2.41. The summed E-state index contributed by atoms with van der Waals surface area (Å²) in [6.07, 6.45) is 6.89. The highest BCUT2D eigenvalue weighted by Crippen LogP contribution is 2.36. The molecular weight excluding hydrogens is 265 g/mol. The summed E-state index contributed by atoms with van der Waals surface area (Å²) >= 11 is 0. The Balaban J connectivity index is 1.92. The first-order valence-corrected chi connectivity index (χ1v) is 6.97. The van der Waals surface area contributed by atoms with Gasteiger partial charge in [-0.3, -0.25) is 15.0 Å². The first-order valence-electron chi connectivity index (χ1n) is 6.97. The topological polar surface area (TPSA) is 57.1 Å². The van der Waals surface area contributed by atoms with E-state index in [-0.39, 0.29) is 11.2 Å². The van der Waals surface area contributed by atoms with Gasteiger partial charge in [0, 0.05) is 24.2 Å². The van der Waals surface area contributed by atoms with Crippen LogP contribution < -0.4 is 5.59 Å². The molecule has 1 fully saturated rings. The first kappa shape index (κ1) is 14.2. The molecule has 0 spiro atoms. The molecule has 0 atom stereocenters. The molecule has 0 radical (unpaired) electrons. The summed E-state index contributed by atoms with van der Waals surface area (Å²) in [6, 6.07) is 3.82. The Morgan fingerprint density at radius 2 is 1.67 bits per heavy atom. The maximum atomic E-state index is 6.00. The van der Waals surface area contributed by atoms with Crippen molar-refractivity contribution in [2.75, 3.05) is 0 Å². The van der Waals surface area contributed by atoms with Crippen molar-refractivity contribution in [3.63, 3.8) is 0 Å². The minimum absolute atomic E-state index is 0.385. The Bertz CT molecular complexity index is 630. The van der Waals surface area contributed by atoms with Gasteiger partial charge in [0.1, 0.15) is 0 Å². The SMILES string of the molecule is CC1(C)OB(c2cncc(-c3cccnc3)n2)OC1(C)C. The van der Waals surface area contributed by atoms with E-state index in [0.717, 1.165) is 11.3 Å². The summed E-state index contributed by atoms with van der Waals surface area (Å²) in [5, 5.41) is 0. The van der Waals surface area contributed by atoms with E-state index in [4.69, 9.17) is 9.31 Å². The van der Waals surface area contributed by atoms with E-state index in [1.54, 1.807) is 24.8 Å². The molecule has 0 unspecified atom stereocenters. The molecule has 3 rings (SSSR count). The summed E-state index contributed by atoms with van der Waals surface area (Å²) in [7, 11) is -0.501. The fourth-order valence-corrected chi connectivity index (χ4v) is 2.11. The second kappa shape index (κ2) is 4.89. The Labute approximate surface area is 124 Å². The van der Waals surface area contributed by atoms with Gasteiger partial charge < -0.3 is 9.31 Å². The average Bonchev–Trinajstić information content (AvgIpc) is 2.69. The normalized spacial score (nSPS) is 19.7. The van der Waals surface area contributed by atoms with E-state index in [2.05, 4.69) is 15.0 Å². The molecule has 1 aliphatic rings. The zero-order valence-electron chi connectivity index (χ0n) is 12.7. The molecule has 0 aliphatic carbocycles. The summed E-state index contributed by atoms with van der Waals surface area (Å²) in [6.45, 7) is 8.08. The third-order valence-electron chi connectivity index (χ3n) is 4.11. The van der Waals surface area contributed by atoms with Gasteiger partial charge in [-0.1, -0.05) is 0 Å². The van der Waals surface area contributed by atoms with Crippen LogP contribution in [0.15, 0.2) is 36.9 Å². The molecule has 1 aliphatic heterocycles. The van der Waals surface area contributed by atoms with Crippen molar-refractivity contribution in [1.82, 2.24) is 15.0 Å². The summed E-state index contributed by atoms with van der Waals surface area (Å²) < 4.78 is 12.0. The van der Waals surface area contributed by atoms with Gasteiger partial charge >= 0.3 is 7.12 Å². The van der Waals surface area contributed by atoms with Crippen LogP contribution in [0, 0.1) is 0 Å². The number of aromatic nitrogens is 3. The quantitative estimate of drug-likeness (QED) is 0.787. The van der Waals surface area contributed by atoms with Crippen LogP contribution in [0.4, 0.5) is 0 Å². The second-order valence-corrected chi connectivity index (χ2v) is 6.16. The van der Waals surface area contributed by atoms with Crippen molar-refractivity contribution in [3.05, 3.63) is 36.9 Å². The van der Waals surface area contributed by atoms with E-state index >= 15 is 0 Å². The minimum Gasteiger partial charge on any atom is -0.398 e. The fraction of sp³-hybridized carbons (Fsp3) is 0.400. The van der Waals surface area contributed by atoms with Gasteiger partial charge in [0.15, 0.2) is 0 Å². The second-order valence-electron chi connectivity index (χ2n) is 6.16. The molecule has 0 bridgehead atoms. The molecule has 1 saturated heterocycles. The van der Waals surface area contributed by atoms with Gasteiger partial charge in [0.05, 0.1) is 28.7 Å². The minimum atomic E-state index is -0.501. The zero-order valence-corrected chi connectivity index (χ0v) is 12.7. The highest BCUT2D eigenvalue weighted by Gasteiger charge is 2.52. The number of pyridine rings is 1. The van der Waals surface area contributed by atoms with Gasteiger partial charge in [0.25, 0.3) is 0 Å². The van der Waals surface area contributed by atoms with Crippen molar-refractivity contribution in [3.8, 4) is 11.3 Å². The van der Waals surface area contributed by atoms with Crippen LogP contribution in [0.1, 0.15) is 27.7 Å². The lowest BCUT2D eigenvalue weighted by Gasteiger charge is -2.32. The molecule has 0 saturated carbocycles. The molecular formula is C15H18BN3O2. The Hall–Kier alpha value is -1.79. The van der Waals surface area contributed by atoms with Crippen LogP contribution in [-0.4, -0.2) is 33.3 Å². The largest absolute Gasteiger partial charge is 0.516 e. The van der Waals surface area contributed by atoms with Gasteiger partial charge in [-0.2, -0.15) is 0 Å². The predicted octanol–water partition coefficient (Wildman–Crippen LogP) is 1.84. The number of nitrogens with zero attached hydrogens (tertiary/aromatic N) is 3. The smallest absolute Gasteiger partial charge is 0.398 e. The molecule has 2 aromatic rings. The van der Waals surface area contributed by atoms with Crippen LogP contribution in [0.5, 0.6) is 0 Å². The third-order valence-corrected chi connectivity index (χ3v) is 4.11. The molecule has 0 amide bonds. The van der Waals surface area contributed by atoms with Gasteiger partial charge in [0.2, 0.25) is 0 Å². The zero-order chi connectivity index (χ0) is 15.1. The standard InChI is InChI=1S/C15H18BN3O2/c1-14(2)15(3,4)21-16(20-14)13-10-18-9-12(19-13)11-6-5-7-17-8-11/h5-10H,1-4H3. The van der Waals surface area contributed by atoms with Gasteiger partial charge in [-0.25, -0.2) is 0 Å². The molecule has 21 heavy (non-hydrogen) atoms. The van der Waals surface area contributed by atoms with Crippen molar-refractivity contribution in [2.24, 2.45) is 0 Å². The van der Waals surface area contributed by atoms with Crippen LogP contribution in [0.2, 0.25) is 0 Å². The Kier molecular flexibility index (Phi) is 3.30. The van der Waals surface area contributed by atoms with Gasteiger partial charge in [-0.05, 0) is 39.8 Å². The van der Waals surface area contributed by atoms with Crippen LogP contribution in [0.25, 0.3) is 11.3 Å². The highest BCUT2D eigenvalue weighted by atomic mass is 16.7. The van der Waals surface area contributed by atoms with E-state index in [1.807, 2.05) is 39.8 Å². The summed E-state index contributed by atoms with van der Waals surface area (Å²) in [5.74, 6) is 0. The highest BCUT2D eigenvalue weighted by molar-refractivity contribution is 6.61. The van der Waals surface area contributed by atoms with Crippen molar-refractivity contribution in [2.45, 2.75) is 38.9 Å². The number of hydrogen-bond acceptors (Lipinski definition) is 5. The van der Waals surface area contributed by atoms with E-state index in [0.29, 0.717) is 5.59 Å². The molecule has 5 nitrogen and oxygen atoms in total. The number of hydrogen-bond donors (Lipinski definition) is 0. The first-order chi connectivity index (χ1) is 9.89.